The number of hydrogen-bond acceptors (Lipinski definition) is 5. The third kappa shape index (κ3) is 4.06. The van der Waals surface area contributed by atoms with E-state index in [0.717, 1.165) is 0 Å². The van der Waals surface area contributed by atoms with Crippen LogP contribution in [0.2, 0.25) is 0 Å². The maximum atomic E-state index is 11.5. The third-order valence-electron chi connectivity index (χ3n) is 2.15. The van der Waals surface area contributed by atoms with Gasteiger partial charge in [0, 0.05) is 26.5 Å². The quantitative estimate of drug-likeness (QED) is 0.556. The number of nitrogens with one attached hydrogen (secondary N) is 1. The molecule has 0 unspecified atom stereocenters. The second-order valence-electron chi connectivity index (χ2n) is 3.63. The van der Waals surface area contributed by atoms with E-state index >= 15 is 0 Å². The number of nitrogen functional groups attached to an aromatic ring is 1. The van der Waals surface area contributed by atoms with Gasteiger partial charge in [-0.2, -0.15) is 5.10 Å². The Morgan fingerprint density at radius 1 is 1.61 bits per heavy atom. The maximum Gasteiger partial charge on any atom is 0.358 e. The van der Waals surface area contributed by atoms with Gasteiger partial charge in [0.2, 0.25) is 5.91 Å². The van der Waals surface area contributed by atoms with Gasteiger partial charge in [0.25, 0.3) is 0 Å². The van der Waals surface area contributed by atoms with Crippen LogP contribution in [-0.4, -0.2) is 47.0 Å². The van der Waals surface area contributed by atoms with E-state index in [1.807, 2.05) is 0 Å². The van der Waals surface area contributed by atoms with Crippen molar-refractivity contribution in [3.05, 3.63) is 11.9 Å². The second kappa shape index (κ2) is 6.60. The van der Waals surface area contributed by atoms with E-state index in [2.05, 4.69) is 10.4 Å². The Kier molecular flexibility index (Phi) is 5.12. The monoisotopic (exact) mass is 256 g/mol. The van der Waals surface area contributed by atoms with Crippen LogP contribution < -0.4 is 11.1 Å². The lowest BCUT2D eigenvalue weighted by molar-refractivity contribution is -0.121. The van der Waals surface area contributed by atoms with Crippen molar-refractivity contribution in [1.82, 2.24) is 15.1 Å². The van der Waals surface area contributed by atoms with Crippen LogP contribution in [0.5, 0.6) is 0 Å². The summed E-state index contributed by atoms with van der Waals surface area (Å²) in [5.74, 6) is -1.47. The highest BCUT2D eigenvalue weighted by Crippen LogP contribution is 2.08. The second-order valence-corrected chi connectivity index (χ2v) is 3.63. The van der Waals surface area contributed by atoms with Gasteiger partial charge >= 0.3 is 5.97 Å². The SMILES string of the molecule is COCCCNC(=O)Cn1cc(N)c(C(=O)O)n1. The highest BCUT2D eigenvalue weighted by molar-refractivity contribution is 5.91. The Balaban J connectivity index is 2.44. The molecule has 0 aliphatic rings. The van der Waals surface area contributed by atoms with Gasteiger partial charge in [-0.05, 0) is 6.42 Å². The molecule has 0 bridgehead atoms. The molecule has 0 atom stereocenters. The first kappa shape index (κ1) is 14.0. The fraction of sp³-hybridized carbons (Fsp3) is 0.500. The van der Waals surface area contributed by atoms with E-state index in [1.54, 1.807) is 7.11 Å². The number of carbonyl (C=O) groups is 2. The summed E-state index contributed by atoms with van der Waals surface area (Å²) in [7, 11) is 1.59. The standard InChI is InChI=1S/C10H16N4O4/c1-18-4-2-3-12-8(15)6-14-5-7(11)9(13-14)10(16)17/h5H,2-4,6,11H2,1H3,(H,12,15)(H,16,17). The van der Waals surface area contributed by atoms with Crippen molar-refractivity contribution in [3.8, 4) is 0 Å². The summed E-state index contributed by atoms with van der Waals surface area (Å²) in [5.41, 5.74) is 5.23. The maximum absolute atomic E-state index is 11.5. The Hall–Kier alpha value is -2.09. The minimum Gasteiger partial charge on any atom is -0.476 e. The lowest BCUT2D eigenvalue weighted by atomic mass is 10.4. The van der Waals surface area contributed by atoms with Gasteiger partial charge in [-0.1, -0.05) is 0 Å². The number of methoxy groups -OCH3 is 1. The Bertz CT molecular complexity index is 430. The first-order valence-corrected chi connectivity index (χ1v) is 5.36. The summed E-state index contributed by atoms with van der Waals surface area (Å²) in [4.78, 5) is 22.2. The number of carboxylic acid groups (broad SMARTS) is 1. The average Bonchev–Trinajstić information content (AvgIpc) is 2.66. The minimum atomic E-state index is -1.22. The molecule has 0 radical (unpaired) electrons. The van der Waals surface area contributed by atoms with Crippen molar-refractivity contribution < 1.29 is 19.4 Å². The Morgan fingerprint density at radius 3 is 2.89 bits per heavy atom. The fourth-order valence-corrected chi connectivity index (χ4v) is 1.33. The van der Waals surface area contributed by atoms with E-state index in [4.69, 9.17) is 15.6 Å². The molecule has 1 aromatic rings. The van der Waals surface area contributed by atoms with Gasteiger partial charge in [-0.3, -0.25) is 9.48 Å². The smallest absolute Gasteiger partial charge is 0.358 e. The number of rotatable bonds is 7. The molecule has 0 saturated heterocycles. The minimum absolute atomic E-state index is 0.0367. The summed E-state index contributed by atoms with van der Waals surface area (Å²) in [6.45, 7) is 0.998. The van der Waals surface area contributed by atoms with Crippen molar-refractivity contribution in [2.45, 2.75) is 13.0 Å². The van der Waals surface area contributed by atoms with Gasteiger partial charge in [-0.25, -0.2) is 4.79 Å². The predicted molar refractivity (Wildman–Crippen MR) is 63.1 cm³/mol. The van der Waals surface area contributed by atoms with Gasteiger partial charge < -0.3 is 20.9 Å². The van der Waals surface area contributed by atoms with Crippen molar-refractivity contribution in [2.24, 2.45) is 0 Å². The van der Waals surface area contributed by atoms with Crippen molar-refractivity contribution in [3.63, 3.8) is 0 Å². The summed E-state index contributed by atoms with van der Waals surface area (Å²) in [6.07, 6.45) is 2.03. The molecule has 0 saturated carbocycles. The number of nitrogens with zero attached hydrogens (tertiary/aromatic N) is 2. The molecule has 8 heteroatoms. The molecule has 0 fully saturated rings. The predicted octanol–water partition coefficient (Wildman–Crippen LogP) is -0.684. The summed E-state index contributed by atoms with van der Waals surface area (Å²) < 4.78 is 6.04. The molecule has 0 aromatic carbocycles. The van der Waals surface area contributed by atoms with Crippen LogP contribution in [0.1, 0.15) is 16.9 Å². The van der Waals surface area contributed by atoms with Crippen LogP contribution in [0.25, 0.3) is 0 Å². The van der Waals surface area contributed by atoms with Gasteiger partial charge in [0.1, 0.15) is 6.54 Å². The highest BCUT2D eigenvalue weighted by atomic mass is 16.5. The summed E-state index contributed by atoms with van der Waals surface area (Å²) in [5, 5.41) is 15.1. The van der Waals surface area contributed by atoms with Crippen LogP contribution in [0.4, 0.5) is 5.69 Å². The topological polar surface area (TPSA) is 119 Å². The molecular formula is C10H16N4O4. The zero-order chi connectivity index (χ0) is 13.5. The molecular weight excluding hydrogens is 240 g/mol. The molecule has 4 N–H and O–H groups in total. The molecule has 0 aliphatic heterocycles. The average molecular weight is 256 g/mol. The molecule has 1 heterocycles. The van der Waals surface area contributed by atoms with E-state index in [1.165, 1.54) is 10.9 Å². The lowest BCUT2D eigenvalue weighted by Gasteiger charge is -2.04. The van der Waals surface area contributed by atoms with Crippen LogP contribution in [0.3, 0.4) is 0 Å². The zero-order valence-electron chi connectivity index (χ0n) is 10.0. The highest BCUT2D eigenvalue weighted by Gasteiger charge is 2.14. The summed E-state index contributed by atoms with van der Waals surface area (Å²) >= 11 is 0. The summed E-state index contributed by atoms with van der Waals surface area (Å²) in [6, 6.07) is 0. The first-order valence-electron chi connectivity index (χ1n) is 5.36. The molecule has 1 amide bonds. The zero-order valence-corrected chi connectivity index (χ0v) is 10.0. The van der Waals surface area contributed by atoms with Crippen molar-refractivity contribution in [1.29, 1.82) is 0 Å². The largest absolute Gasteiger partial charge is 0.476 e. The van der Waals surface area contributed by atoms with Crippen molar-refractivity contribution in [2.75, 3.05) is 26.0 Å². The van der Waals surface area contributed by atoms with Crippen LogP contribution in [-0.2, 0) is 16.1 Å². The lowest BCUT2D eigenvalue weighted by Crippen LogP contribution is -2.29. The number of aromatic nitrogens is 2. The number of amides is 1. The molecule has 0 spiro atoms. The van der Waals surface area contributed by atoms with E-state index < -0.39 is 5.97 Å². The molecule has 1 aromatic heterocycles. The first-order chi connectivity index (χ1) is 8.54. The number of nitrogens with two attached hydrogens (primary N) is 1. The Morgan fingerprint density at radius 2 is 2.33 bits per heavy atom. The molecule has 1 rings (SSSR count). The van der Waals surface area contributed by atoms with E-state index in [-0.39, 0.29) is 23.8 Å². The molecule has 100 valence electrons. The molecule has 18 heavy (non-hydrogen) atoms. The normalized spacial score (nSPS) is 10.3. The number of ether oxygens (including phenoxy) is 1. The number of aromatic carboxylic acids is 1. The van der Waals surface area contributed by atoms with E-state index in [9.17, 15) is 9.59 Å². The van der Waals surface area contributed by atoms with Crippen LogP contribution in [0.15, 0.2) is 6.20 Å². The third-order valence-corrected chi connectivity index (χ3v) is 2.15. The van der Waals surface area contributed by atoms with Crippen molar-refractivity contribution >= 4 is 17.6 Å². The Labute approximate surface area is 104 Å². The van der Waals surface area contributed by atoms with Gasteiger partial charge in [0.15, 0.2) is 5.69 Å². The number of carboxylic acids is 1. The number of hydrogen-bond donors (Lipinski definition) is 3. The van der Waals surface area contributed by atoms with Gasteiger partial charge in [0.05, 0.1) is 5.69 Å². The van der Waals surface area contributed by atoms with Gasteiger partial charge in [-0.15, -0.1) is 0 Å². The number of carbonyl (C=O) groups excluding carboxylic acids is 1. The van der Waals surface area contributed by atoms with Crippen LogP contribution in [0, 0.1) is 0 Å². The molecule has 0 aliphatic carbocycles. The fourth-order valence-electron chi connectivity index (χ4n) is 1.33. The van der Waals surface area contributed by atoms with Crippen LogP contribution >= 0.6 is 0 Å². The molecule has 8 nitrogen and oxygen atoms in total. The van der Waals surface area contributed by atoms with E-state index in [0.29, 0.717) is 19.6 Å². The number of anilines is 1.